The minimum atomic E-state index is -0.0764. The number of hydrogen-bond donors (Lipinski definition) is 1. The van der Waals surface area contributed by atoms with Gasteiger partial charge in [0, 0.05) is 30.4 Å². The van der Waals surface area contributed by atoms with Gasteiger partial charge < -0.3 is 4.90 Å². The number of aromatic nitrogens is 2. The highest BCUT2D eigenvalue weighted by Crippen LogP contribution is 2.46. The number of nitrogens with zero attached hydrogens (tertiary/aromatic N) is 3. The van der Waals surface area contributed by atoms with Crippen LogP contribution in [0.2, 0.25) is 0 Å². The van der Waals surface area contributed by atoms with Crippen LogP contribution in [0.25, 0.3) is 11.3 Å². The third kappa shape index (κ3) is 2.83. The maximum absolute atomic E-state index is 13.1. The number of hydrogen-bond acceptors (Lipinski definition) is 3. The molecule has 1 N–H and O–H groups in total. The van der Waals surface area contributed by atoms with E-state index in [0.717, 1.165) is 36.2 Å². The summed E-state index contributed by atoms with van der Waals surface area (Å²) in [5, 5.41) is 3.01. The first-order valence-electron chi connectivity index (χ1n) is 9.75. The Balaban J connectivity index is 1.40. The highest BCUT2D eigenvalue weighted by Gasteiger charge is 2.40. The van der Waals surface area contributed by atoms with Crippen molar-refractivity contribution >= 4 is 11.8 Å². The van der Waals surface area contributed by atoms with E-state index >= 15 is 0 Å². The van der Waals surface area contributed by atoms with Crippen LogP contribution in [0.3, 0.4) is 0 Å². The Labute approximate surface area is 164 Å². The monoisotopic (exact) mass is 370 g/mol. The van der Waals surface area contributed by atoms with Gasteiger partial charge in [0.05, 0.1) is 11.7 Å². The molecule has 4 heterocycles. The molecule has 6 rings (SSSR count). The molecule has 28 heavy (non-hydrogen) atoms. The minimum Gasteiger partial charge on any atom is -0.317 e. The number of aryl methyl sites for hydroxylation is 1. The van der Waals surface area contributed by atoms with Crippen molar-refractivity contribution in [3.8, 4) is 11.3 Å². The van der Waals surface area contributed by atoms with Crippen LogP contribution in [0.5, 0.6) is 0 Å². The Bertz CT molecular complexity index is 1030. The van der Waals surface area contributed by atoms with Gasteiger partial charge in [-0.25, -0.2) is 9.78 Å². The van der Waals surface area contributed by atoms with Crippen molar-refractivity contribution in [1.29, 1.82) is 0 Å². The molecule has 2 atom stereocenters. The first kappa shape index (κ1) is 16.9. The number of piperidine rings is 1. The molecule has 5 nitrogen and oxygen atoms in total. The molecule has 2 bridgehead atoms. The topological polar surface area (TPSA) is 58.1 Å². The fourth-order valence-corrected chi connectivity index (χ4v) is 4.53. The zero-order valence-electron chi connectivity index (χ0n) is 15.8. The maximum atomic E-state index is 13.1. The Morgan fingerprint density at radius 3 is 2.71 bits per heavy atom. The van der Waals surface area contributed by atoms with E-state index in [2.05, 4.69) is 39.6 Å². The molecule has 1 aliphatic carbocycles. The molecular formula is C23H22N4O. The first-order valence-corrected chi connectivity index (χ1v) is 9.75. The number of anilines is 1. The second-order valence-electron chi connectivity index (χ2n) is 7.60. The predicted molar refractivity (Wildman–Crippen MR) is 109 cm³/mol. The predicted octanol–water partition coefficient (Wildman–Crippen LogP) is 4.92. The Kier molecular flexibility index (Phi) is 4.08. The van der Waals surface area contributed by atoms with Crippen LogP contribution in [0.15, 0.2) is 60.9 Å². The molecule has 0 saturated carbocycles. The smallest absolute Gasteiger partial charge is 0.317 e. The third-order valence-corrected chi connectivity index (χ3v) is 5.92. The van der Waals surface area contributed by atoms with Gasteiger partial charge in [-0.2, -0.15) is 0 Å². The molecule has 3 aliphatic rings. The van der Waals surface area contributed by atoms with Crippen molar-refractivity contribution in [1.82, 2.24) is 14.9 Å². The van der Waals surface area contributed by atoms with E-state index in [0.29, 0.717) is 11.7 Å². The molecule has 1 fully saturated rings. The number of urea groups is 1. The molecule has 0 spiro atoms. The Morgan fingerprint density at radius 1 is 1.07 bits per heavy atom. The van der Waals surface area contributed by atoms with Gasteiger partial charge in [-0.1, -0.05) is 30.3 Å². The summed E-state index contributed by atoms with van der Waals surface area (Å²) in [6, 6.07) is 16.3. The molecule has 1 saturated heterocycles. The summed E-state index contributed by atoms with van der Waals surface area (Å²) in [5.41, 5.74) is 5.60. The molecule has 2 aliphatic heterocycles. The largest absolute Gasteiger partial charge is 0.323 e. The second kappa shape index (κ2) is 6.75. The zero-order valence-corrected chi connectivity index (χ0v) is 15.8. The van der Waals surface area contributed by atoms with Crippen LogP contribution >= 0.6 is 0 Å². The summed E-state index contributed by atoms with van der Waals surface area (Å²) in [6.45, 7) is 2.77. The summed E-state index contributed by atoms with van der Waals surface area (Å²) in [5.74, 6) is 0.994. The van der Waals surface area contributed by atoms with Crippen molar-refractivity contribution in [2.24, 2.45) is 0 Å². The number of pyridine rings is 2. The Hall–Kier alpha value is -3.21. The fourth-order valence-electron chi connectivity index (χ4n) is 4.53. The molecule has 1 aromatic carbocycles. The molecule has 2 aromatic heterocycles. The van der Waals surface area contributed by atoms with E-state index in [1.54, 1.807) is 12.4 Å². The number of carbonyl (C=O) groups is 1. The standard InChI is InChI=1S/C23H22N4O/c1-15-13-25-22(12-19(15)20-8-4-5-11-24-20)26-23(28)27-14-16-9-10-21(27)18-7-3-2-6-17(16)18/h2-8,11-13,16,21H,9-10,14H2,1H3,(H,25,26,28). The zero-order chi connectivity index (χ0) is 19.1. The third-order valence-electron chi connectivity index (χ3n) is 5.92. The summed E-state index contributed by atoms with van der Waals surface area (Å²) >= 11 is 0. The molecular weight excluding hydrogens is 348 g/mol. The molecule has 0 radical (unpaired) electrons. The van der Waals surface area contributed by atoms with Gasteiger partial charge in [0.15, 0.2) is 0 Å². The Morgan fingerprint density at radius 2 is 1.89 bits per heavy atom. The highest BCUT2D eigenvalue weighted by atomic mass is 16.2. The van der Waals surface area contributed by atoms with Gasteiger partial charge in [0.1, 0.15) is 5.82 Å². The molecule has 5 heteroatoms. The van der Waals surface area contributed by atoms with E-state index in [1.807, 2.05) is 36.1 Å². The molecule has 140 valence electrons. The van der Waals surface area contributed by atoms with Crippen LogP contribution in [-0.2, 0) is 0 Å². The number of rotatable bonds is 2. The molecule has 2 unspecified atom stereocenters. The van der Waals surface area contributed by atoms with E-state index in [1.165, 1.54) is 11.1 Å². The first-order chi connectivity index (χ1) is 13.7. The average Bonchev–Trinajstić information content (AvgIpc) is 2.76. The van der Waals surface area contributed by atoms with Crippen LogP contribution < -0.4 is 5.32 Å². The van der Waals surface area contributed by atoms with Gasteiger partial charge in [-0.15, -0.1) is 0 Å². The van der Waals surface area contributed by atoms with E-state index in [9.17, 15) is 4.79 Å². The highest BCUT2D eigenvalue weighted by molar-refractivity contribution is 5.90. The van der Waals surface area contributed by atoms with Crippen molar-refractivity contribution in [2.45, 2.75) is 31.7 Å². The number of amides is 2. The lowest BCUT2D eigenvalue weighted by Crippen LogP contribution is -2.47. The van der Waals surface area contributed by atoms with E-state index in [4.69, 9.17) is 0 Å². The lowest BCUT2D eigenvalue weighted by Gasteiger charge is -2.46. The van der Waals surface area contributed by atoms with Gasteiger partial charge in [-0.05, 0) is 54.7 Å². The lowest BCUT2D eigenvalue weighted by atomic mass is 9.75. The maximum Gasteiger partial charge on any atom is 0.323 e. The number of fused-ring (bicyclic) bond motifs is 2. The number of benzene rings is 1. The summed E-state index contributed by atoms with van der Waals surface area (Å²) < 4.78 is 0. The van der Waals surface area contributed by atoms with Crippen LogP contribution in [0, 0.1) is 6.92 Å². The van der Waals surface area contributed by atoms with E-state index in [-0.39, 0.29) is 12.1 Å². The van der Waals surface area contributed by atoms with Crippen molar-refractivity contribution in [3.05, 3.63) is 77.6 Å². The number of nitrogens with one attached hydrogen (secondary N) is 1. The summed E-state index contributed by atoms with van der Waals surface area (Å²) in [6.07, 6.45) is 5.74. The number of carbonyl (C=O) groups excluding carboxylic acids is 1. The second-order valence-corrected chi connectivity index (χ2v) is 7.60. The minimum absolute atomic E-state index is 0.0764. The van der Waals surface area contributed by atoms with Crippen molar-refractivity contribution in [3.63, 3.8) is 0 Å². The van der Waals surface area contributed by atoms with E-state index < -0.39 is 0 Å². The van der Waals surface area contributed by atoms with Crippen molar-refractivity contribution in [2.75, 3.05) is 11.9 Å². The van der Waals surface area contributed by atoms with Gasteiger partial charge in [-0.3, -0.25) is 10.3 Å². The lowest BCUT2D eigenvalue weighted by molar-refractivity contribution is 0.139. The van der Waals surface area contributed by atoms with Gasteiger partial charge in [0.2, 0.25) is 0 Å². The van der Waals surface area contributed by atoms with Crippen LogP contribution in [0.4, 0.5) is 10.6 Å². The molecule has 2 amide bonds. The molecule has 3 aromatic rings. The van der Waals surface area contributed by atoms with Crippen LogP contribution in [-0.4, -0.2) is 27.4 Å². The van der Waals surface area contributed by atoms with Gasteiger partial charge >= 0.3 is 6.03 Å². The average molecular weight is 370 g/mol. The normalized spacial score (nSPS) is 20.0. The summed E-state index contributed by atoms with van der Waals surface area (Å²) in [7, 11) is 0. The summed E-state index contributed by atoms with van der Waals surface area (Å²) in [4.78, 5) is 23.9. The fraction of sp³-hybridized carbons (Fsp3) is 0.261. The van der Waals surface area contributed by atoms with Gasteiger partial charge in [0.25, 0.3) is 0 Å². The van der Waals surface area contributed by atoms with Crippen molar-refractivity contribution < 1.29 is 4.79 Å². The SMILES string of the molecule is Cc1cnc(NC(=O)N2CC3CCC2c2ccccc23)cc1-c1ccccn1. The van der Waals surface area contributed by atoms with Crippen LogP contribution in [0.1, 0.15) is 41.5 Å². The quantitative estimate of drug-likeness (QED) is 0.697.